The van der Waals surface area contributed by atoms with Gasteiger partial charge in [-0.15, -0.1) is 0 Å². The van der Waals surface area contributed by atoms with Crippen LogP contribution >= 0.6 is 0 Å². The Kier molecular flexibility index (Phi) is 6.60. The molecule has 0 bridgehead atoms. The molecule has 3 rings (SSSR count). The Hall–Kier alpha value is -2.36. The maximum Gasteiger partial charge on any atom is 0.269 e. The Morgan fingerprint density at radius 1 is 0.957 bits per heavy atom. The first-order chi connectivity index (χ1) is 11.2. The van der Waals surface area contributed by atoms with Crippen molar-refractivity contribution >= 4 is 11.4 Å². The molecule has 1 aliphatic carbocycles. The van der Waals surface area contributed by atoms with Gasteiger partial charge < -0.3 is 5.32 Å². The Bertz CT molecular complexity index is 591. The molecule has 0 aromatic heterocycles. The van der Waals surface area contributed by atoms with Crippen LogP contribution in [0, 0.1) is 10.1 Å². The predicted molar refractivity (Wildman–Crippen MR) is 94.9 cm³/mol. The lowest BCUT2D eigenvalue weighted by Crippen LogP contribution is -2.03. The molecule has 2 aromatic rings. The quantitative estimate of drug-likeness (QED) is 0.612. The normalized spacial score (nSPS) is 14.5. The second-order valence-corrected chi connectivity index (χ2v) is 5.80. The summed E-state index contributed by atoms with van der Waals surface area (Å²) in [6, 6.07) is 17.2. The third-order valence-electron chi connectivity index (χ3n) is 4.24. The van der Waals surface area contributed by atoms with Gasteiger partial charge in [0.2, 0.25) is 0 Å². The number of nitro groups is 1. The van der Waals surface area contributed by atoms with Gasteiger partial charge in [-0.25, -0.2) is 0 Å². The Balaban J connectivity index is 0.000000168. The molecule has 0 aliphatic heterocycles. The van der Waals surface area contributed by atoms with E-state index in [4.69, 9.17) is 0 Å². The van der Waals surface area contributed by atoms with Gasteiger partial charge in [-0.1, -0.05) is 49.6 Å². The maximum absolute atomic E-state index is 10.2. The van der Waals surface area contributed by atoms with Crippen molar-refractivity contribution in [2.75, 3.05) is 12.4 Å². The SMILES string of the molecule is CNc1ccc([N+](=O)[O-])cc1.c1ccc(C2CCCCC2)cc1. The first-order valence-electron chi connectivity index (χ1n) is 8.18. The van der Waals surface area contributed by atoms with E-state index in [1.165, 1.54) is 44.2 Å². The minimum absolute atomic E-state index is 0.115. The number of anilines is 1. The average Bonchev–Trinajstić information content (AvgIpc) is 2.64. The number of nitro benzene ring substituents is 1. The van der Waals surface area contributed by atoms with Gasteiger partial charge in [-0.2, -0.15) is 0 Å². The minimum atomic E-state index is -0.417. The molecule has 2 aromatic carbocycles. The number of nitrogens with zero attached hydrogens (tertiary/aromatic N) is 1. The van der Waals surface area contributed by atoms with Crippen molar-refractivity contribution in [3.05, 3.63) is 70.3 Å². The molecule has 0 amide bonds. The van der Waals surface area contributed by atoms with E-state index in [0.717, 1.165) is 11.6 Å². The van der Waals surface area contributed by atoms with Gasteiger partial charge in [0.1, 0.15) is 0 Å². The summed E-state index contributed by atoms with van der Waals surface area (Å²) in [5.41, 5.74) is 2.54. The van der Waals surface area contributed by atoms with Crippen LogP contribution in [0.3, 0.4) is 0 Å². The highest BCUT2D eigenvalue weighted by Crippen LogP contribution is 2.32. The van der Waals surface area contributed by atoms with Gasteiger partial charge >= 0.3 is 0 Å². The molecule has 4 heteroatoms. The smallest absolute Gasteiger partial charge is 0.269 e. The van der Waals surface area contributed by atoms with E-state index in [1.54, 1.807) is 24.7 Å². The van der Waals surface area contributed by atoms with E-state index < -0.39 is 4.92 Å². The number of hydrogen-bond donors (Lipinski definition) is 1. The van der Waals surface area contributed by atoms with Crippen molar-refractivity contribution in [1.29, 1.82) is 0 Å². The molecular formula is C19H24N2O2. The molecule has 1 N–H and O–H groups in total. The van der Waals surface area contributed by atoms with Gasteiger partial charge in [-0.3, -0.25) is 10.1 Å². The van der Waals surface area contributed by atoms with Crippen LogP contribution in [-0.2, 0) is 0 Å². The summed E-state index contributed by atoms with van der Waals surface area (Å²) in [7, 11) is 1.77. The van der Waals surface area contributed by atoms with E-state index in [-0.39, 0.29) is 5.69 Å². The number of hydrogen-bond acceptors (Lipinski definition) is 3. The van der Waals surface area contributed by atoms with Crippen LogP contribution in [0.25, 0.3) is 0 Å². The molecule has 1 aliphatic rings. The van der Waals surface area contributed by atoms with Gasteiger partial charge in [0.15, 0.2) is 0 Å². The van der Waals surface area contributed by atoms with Crippen LogP contribution < -0.4 is 5.32 Å². The molecule has 0 atom stereocenters. The van der Waals surface area contributed by atoms with Crippen LogP contribution in [0.2, 0.25) is 0 Å². The van der Waals surface area contributed by atoms with Crippen molar-refractivity contribution in [3.8, 4) is 0 Å². The highest BCUT2D eigenvalue weighted by atomic mass is 16.6. The van der Waals surface area contributed by atoms with E-state index in [2.05, 4.69) is 35.6 Å². The summed E-state index contributed by atoms with van der Waals surface area (Å²) in [5.74, 6) is 0.861. The zero-order valence-electron chi connectivity index (χ0n) is 13.6. The second kappa shape index (κ2) is 8.93. The molecule has 0 heterocycles. The summed E-state index contributed by atoms with van der Waals surface area (Å²) in [6.45, 7) is 0. The summed E-state index contributed by atoms with van der Waals surface area (Å²) in [6.07, 6.45) is 7.12. The summed E-state index contributed by atoms with van der Waals surface area (Å²) in [5, 5.41) is 13.1. The molecule has 4 nitrogen and oxygen atoms in total. The molecule has 1 fully saturated rings. The van der Waals surface area contributed by atoms with E-state index >= 15 is 0 Å². The summed E-state index contributed by atoms with van der Waals surface area (Å²) >= 11 is 0. The van der Waals surface area contributed by atoms with Crippen LogP contribution in [-0.4, -0.2) is 12.0 Å². The molecule has 1 saturated carbocycles. The lowest BCUT2D eigenvalue weighted by Gasteiger charge is -2.21. The Labute approximate surface area is 137 Å². The zero-order chi connectivity index (χ0) is 16.5. The van der Waals surface area contributed by atoms with Crippen LogP contribution in [0.1, 0.15) is 43.6 Å². The zero-order valence-corrected chi connectivity index (χ0v) is 13.6. The number of benzene rings is 2. The molecule has 122 valence electrons. The first-order valence-corrected chi connectivity index (χ1v) is 8.18. The highest BCUT2D eigenvalue weighted by Gasteiger charge is 2.14. The molecule has 0 spiro atoms. The standard InChI is InChI=1S/C12H16.C7H8N2O2/c1-3-7-11(8-4-1)12-9-5-2-6-10-12;1-8-6-2-4-7(5-3-6)9(10)11/h1,3-4,7-8,12H,2,5-6,9-10H2;2-5,8H,1H3. The Morgan fingerprint density at radius 2 is 1.57 bits per heavy atom. The largest absolute Gasteiger partial charge is 0.388 e. The van der Waals surface area contributed by atoms with Gasteiger partial charge in [0.25, 0.3) is 5.69 Å². The monoisotopic (exact) mass is 312 g/mol. The Morgan fingerprint density at radius 3 is 2.09 bits per heavy atom. The second-order valence-electron chi connectivity index (χ2n) is 5.80. The molecule has 0 saturated heterocycles. The number of rotatable bonds is 3. The molecular weight excluding hydrogens is 288 g/mol. The predicted octanol–water partition coefficient (Wildman–Crippen LogP) is 5.37. The highest BCUT2D eigenvalue weighted by molar-refractivity contribution is 5.47. The van der Waals surface area contributed by atoms with E-state index in [9.17, 15) is 10.1 Å². The van der Waals surface area contributed by atoms with Gasteiger partial charge in [0.05, 0.1) is 4.92 Å². The van der Waals surface area contributed by atoms with Gasteiger partial charge in [0, 0.05) is 24.9 Å². The van der Waals surface area contributed by atoms with Gasteiger partial charge in [-0.05, 0) is 36.5 Å². The third kappa shape index (κ3) is 5.40. The summed E-state index contributed by atoms with van der Waals surface area (Å²) < 4.78 is 0. The molecule has 0 radical (unpaired) electrons. The van der Waals surface area contributed by atoms with E-state index in [1.807, 2.05) is 0 Å². The fourth-order valence-corrected chi connectivity index (χ4v) is 2.91. The van der Waals surface area contributed by atoms with Crippen molar-refractivity contribution in [1.82, 2.24) is 0 Å². The lowest BCUT2D eigenvalue weighted by molar-refractivity contribution is -0.384. The fourth-order valence-electron chi connectivity index (χ4n) is 2.91. The maximum atomic E-state index is 10.2. The number of nitrogens with one attached hydrogen (secondary N) is 1. The number of non-ortho nitro benzene ring substituents is 1. The average molecular weight is 312 g/mol. The van der Waals surface area contributed by atoms with Crippen molar-refractivity contribution in [2.24, 2.45) is 0 Å². The third-order valence-corrected chi connectivity index (χ3v) is 4.24. The molecule has 0 unspecified atom stereocenters. The minimum Gasteiger partial charge on any atom is -0.388 e. The fraction of sp³-hybridized carbons (Fsp3) is 0.368. The van der Waals surface area contributed by atoms with Crippen molar-refractivity contribution in [3.63, 3.8) is 0 Å². The van der Waals surface area contributed by atoms with Crippen LogP contribution in [0.4, 0.5) is 11.4 Å². The summed E-state index contributed by atoms with van der Waals surface area (Å²) in [4.78, 5) is 9.77. The van der Waals surface area contributed by atoms with Crippen LogP contribution in [0.5, 0.6) is 0 Å². The first kappa shape index (κ1) is 17.0. The molecule has 23 heavy (non-hydrogen) atoms. The van der Waals surface area contributed by atoms with E-state index in [0.29, 0.717) is 0 Å². The van der Waals surface area contributed by atoms with Crippen LogP contribution in [0.15, 0.2) is 54.6 Å². The van der Waals surface area contributed by atoms with Crippen molar-refractivity contribution < 1.29 is 4.92 Å². The van der Waals surface area contributed by atoms with Crippen molar-refractivity contribution in [2.45, 2.75) is 38.0 Å². The topological polar surface area (TPSA) is 55.2 Å². The lowest BCUT2D eigenvalue weighted by atomic mass is 9.84.